The van der Waals surface area contributed by atoms with E-state index >= 15 is 0 Å². The maximum atomic E-state index is 14.8. The Morgan fingerprint density at radius 2 is 2.00 bits per heavy atom. The van der Waals surface area contributed by atoms with Crippen LogP contribution in [-0.2, 0) is 6.54 Å². The lowest BCUT2D eigenvalue weighted by atomic mass is 9.90. The molecule has 1 fully saturated rings. The van der Waals surface area contributed by atoms with E-state index in [0.29, 0.717) is 43.1 Å². The molecular weight excluding hydrogens is 416 g/mol. The van der Waals surface area contributed by atoms with Gasteiger partial charge in [-0.05, 0) is 57.0 Å². The van der Waals surface area contributed by atoms with Crippen LogP contribution in [-0.4, -0.2) is 50.3 Å². The van der Waals surface area contributed by atoms with Crippen molar-refractivity contribution in [2.45, 2.75) is 32.2 Å². The standard InChI is InChI=1S/C22H25F2N7O/c1-2-25-22(32)29-21-19(23)16(6-10-26-21)14-30-12-7-15(8-13-30)17-4-5-18(28-20(17)24)31-11-3-9-27-31/h3-6,9-11,15H,2,7-8,12-14H2,1H3,(H2,25,26,29,32). The molecule has 1 aliphatic heterocycles. The quantitative estimate of drug-likeness (QED) is 0.572. The molecule has 2 amide bonds. The van der Waals surface area contributed by atoms with Crippen LogP contribution in [0.25, 0.3) is 5.82 Å². The summed E-state index contributed by atoms with van der Waals surface area (Å²) in [5.41, 5.74) is 1.06. The van der Waals surface area contributed by atoms with E-state index < -0.39 is 17.8 Å². The first-order valence-corrected chi connectivity index (χ1v) is 10.6. The second-order valence-electron chi connectivity index (χ2n) is 7.67. The Bertz CT molecular complexity index is 1070. The number of pyridine rings is 2. The third kappa shape index (κ3) is 4.91. The molecule has 0 aromatic carbocycles. The minimum absolute atomic E-state index is 0.0580. The van der Waals surface area contributed by atoms with Crippen molar-refractivity contribution in [2.75, 3.05) is 25.0 Å². The zero-order valence-electron chi connectivity index (χ0n) is 17.8. The van der Waals surface area contributed by atoms with Gasteiger partial charge in [0.2, 0.25) is 5.95 Å². The molecule has 4 rings (SSSR count). The fraction of sp³-hybridized carbons (Fsp3) is 0.364. The van der Waals surface area contributed by atoms with Gasteiger partial charge in [0.15, 0.2) is 17.5 Å². The minimum atomic E-state index is -0.537. The van der Waals surface area contributed by atoms with Crippen LogP contribution < -0.4 is 10.6 Å². The molecular formula is C22H25F2N7O. The fourth-order valence-corrected chi connectivity index (χ4v) is 3.92. The Kier molecular flexibility index (Phi) is 6.69. The molecule has 168 valence electrons. The molecule has 4 heterocycles. The topological polar surface area (TPSA) is 88.0 Å². The van der Waals surface area contributed by atoms with Crippen LogP contribution in [0.4, 0.5) is 19.4 Å². The first-order valence-electron chi connectivity index (χ1n) is 10.6. The number of amides is 2. The van der Waals surface area contributed by atoms with Crippen LogP contribution in [0.3, 0.4) is 0 Å². The van der Waals surface area contributed by atoms with Crippen molar-refractivity contribution in [1.29, 1.82) is 0 Å². The Morgan fingerprint density at radius 3 is 2.69 bits per heavy atom. The number of hydrogen-bond donors (Lipinski definition) is 2. The second kappa shape index (κ2) is 9.82. The third-order valence-corrected chi connectivity index (χ3v) is 5.56. The molecule has 10 heteroatoms. The number of nitrogens with one attached hydrogen (secondary N) is 2. The van der Waals surface area contributed by atoms with Gasteiger partial charge in [0.25, 0.3) is 0 Å². The maximum Gasteiger partial charge on any atom is 0.320 e. The zero-order valence-corrected chi connectivity index (χ0v) is 17.8. The lowest BCUT2D eigenvalue weighted by Gasteiger charge is -2.32. The highest BCUT2D eigenvalue weighted by Gasteiger charge is 2.25. The number of anilines is 1. The van der Waals surface area contributed by atoms with Crippen molar-refractivity contribution in [2.24, 2.45) is 0 Å². The van der Waals surface area contributed by atoms with E-state index in [1.807, 2.05) is 0 Å². The number of carbonyl (C=O) groups is 1. The highest BCUT2D eigenvalue weighted by molar-refractivity contribution is 5.88. The van der Waals surface area contributed by atoms with Crippen LogP contribution >= 0.6 is 0 Å². The van der Waals surface area contributed by atoms with Gasteiger partial charge in [-0.1, -0.05) is 6.07 Å². The van der Waals surface area contributed by atoms with Gasteiger partial charge in [-0.2, -0.15) is 14.5 Å². The molecule has 8 nitrogen and oxygen atoms in total. The molecule has 3 aromatic heterocycles. The number of aromatic nitrogens is 4. The molecule has 32 heavy (non-hydrogen) atoms. The molecule has 0 spiro atoms. The van der Waals surface area contributed by atoms with Crippen LogP contribution in [0.5, 0.6) is 0 Å². The number of piperidine rings is 1. The van der Waals surface area contributed by atoms with Crippen molar-refractivity contribution in [1.82, 2.24) is 30.0 Å². The van der Waals surface area contributed by atoms with Gasteiger partial charge in [-0.15, -0.1) is 0 Å². The predicted molar refractivity (Wildman–Crippen MR) is 115 cm³/mol. The van der Waals surface area contributed by atoms with Gasteiger partial charge in [-0.25, -0.2) is 18.9 Å². The van der Waals surface area contributed by atoms with E-state index in [2.05, 4.69) is 30.6 Å². The normalized spacial score (nSPS) is 15.0. The molecule has 1 saturated heterocycles. The number of rotatable bonds is 6. The average molecular weight is 441 g/mol. The molecule has 0 aliphatic carbocycles. The summed E-state index contributed by atoms with van der Waals surface area (Å²) in [5.74, 6) is -0.599. The van der Waals surface area contributed by atoms with Crippen LogP contribution in [0.15, 0.2) is 42.9 Å². The lowest BCUT2D eigenvalue weighted by Crippen LogP contribution is -2.33. The Morgan fingerprint density at radius 1 is 1.19 bits per heavy atom. The monoisotopic (exact) mass is 441 g/mol. The molecule has 1 aliphatic rings. The Labute approximate surface area is 184 Å². The molecule has 0 saturated carbocycles. The van der Waals surface area contributed by atoms with Gasteiger partial charge in [0.1, 0.15) is 0 Å². The highest BCUT2D eigenvalue weighted by atomic mass is 19.1. The number of nitrogens with zero attached hydrogens (tertiary/aromatic N) is 5. The fourth-order valence-electron chi connectivity index (χ4n) is 3.92. The molecule has 3 aromatic rings. The summed E-state index contributed by atoms with van der Waals surface area (Å²) in [6, 6.07) is 6.43. The van der Waals surface area contributed by atoms with Gasteiger partial charge < -0.3 is 5.32 Å². The Balaban J connectivity index is 1.37. The second-order valence-corrected chi connectivity index (χ2v) is 7.67. The van der Waals surface area contributed by atoms with E-state index in [-0.39, 0.29) is 11.7 Å². The SMILES string of the molecule is CCNC(=O)Nc1nccc(CN2CCC(c3ccc(-n4cccn4)nc3F)CC2)c1F. The van der Waals surface area contributed by atoms with Crippen molar-refractivity contribution in [3.8, 4) is 5.82 Å². The van der Waals surface area contributed by atoms with Crippen LogP contribution in [0.2, 0.25) is 0 Å². The summed E-state index contributed by atoms with van der Waals surface area (Å²) in [6.07, 6.45) is 6.31. The number of hydrogen-bond acceptors (Lipinski definition) is 5. The predicted octanol–water partition coefficient (Wildman–Crippen LogP) is 3.46. The minimum Gasteiger partial charge on any atom is -0.338 e. The van der Waals surface area contributed by atoms with Gasteiger partial charge in [0, 0.05) is 42.8 Å². The maximum absolute atomic E-state index is 14.8. The van der Waals surface area contributed by atoms with Crippen molar-refractivity contribution < 1.29 is 13.6 Å². The van der Waals surface area contributed by atoms with E-state index in [1.165, 1.54) is 10.9 Å². The summed E-state index contributed by atoms with van der Waals surface area (Å²) in [7, 11) is 0. The molecule has 0 bridgehead atoms. The van der Waals surface area contributed by atoms with Crippen LogP contribution in [0.1, 0.15) is 36.8 Å². The zero-order chi connectivity index (χ0) is 22.5. The van der Waals surface area contributed by atoms with Crippen molar-refractivity contribution >= 4 is 11.8 Å². The third-order valence-electron chi connectivity index (χ3n) is 5.56. The molecule has 0 radical (unpaired) electrons. The van der Waals surface area contributed by atoms with Gasteiger partial charge in [-0.3, -0.25) is 10.2 Å². The van der Waals surface area contributed by atoms with Crippen LogP contribution in [0, 0.1) is 11.8 Å². The van der Waals surface area contributed by atoms with Gasteiger partial charge in [0.05, 0.1) is 0 Å². The number of carbonyl (C=O) groups excluding carboxylic acids is 1. The molecule has 0 unspecified atom stereocenters. The Hall–Kier alpha value is -3.40. The number of likely N-dealkylation sites (tertiary alicyclic amines) is 1. The van der Waals surface area contributed by atoms with Gasteiger partial charge >= 0.3 is 6.03 Å². The summed E-state index contributed by atoms with van der Waals surface area (Å²) in [5, 5.41) is 9.06. The summed E-state index contributed by atoms with van der Waals surface area (Å²) in [4.78, 5) is 21.8. The summed E-state index contributed by atoms with van der Waals surface area (Å²) in [6.45, 7) is 4.01. The first kappa shape index (κ1) is 21.8. The van der Waals surface area contributed by atoms with Crippen molar-refractivity contribution in [3.63, 3.8) is 0 Å². The van der Waals surface area contributed by atoms with E-state index in [4.69, 9.17) is 0 Å². The van der Waals surface area contributed by atoms with E-state index in [1.54, 1.807) is 43.6 Å². The summed E-state index contributed by atoms with van der Waals surface area (Å²) < 4.78 is 31.0. The number of halogens is 2. The summed E-state index contributed by atoms with van der Waals surface area (Å²) >= 11 is 0. The molecule has 0 atom stereocenters. The first-order chi connectivity index (χ1) is 15.5. The average Bonchev–Trinajstić information content (AvgIpc) is 3.32. The molecule has 2 N–H and O–H groups in total. The van der Waals surface area contributed by atoms with Crippen molar-refractivity contribution in [3.05, 3.63) is 65.7 Å². The largest absolute Gasteiger partial charge is 0.338 e. The van der Waals surface area contributed by atoms with E-state index in [9.17, 15) is 13.6 Å². The smallest absolute Gasteiger partial charge is 0.320 e. The lowest BCUT2D eigenvalue weighted by molar-refractivity contribution is 0.200. The number of urea groups is 1. The highest BCUT2D eigenvalue weighted by Crippen LogP contribution is 2.30. The van der Waals surface area contributed by atoms with E-state index in [0.717, 1.165) is 12.8 Å².